The number of allylic oxidation sites excluding steroid dienone is 3. The lowest BCUT2D eigenvalue weighted by atomic mass is 9.70. The molecule has 2 heterocycles. The Balaban J connectivity index is 1.36. The summed E-state index contributed by atoms with van der Waals surface area (Å²) in [5.74, 6) is 1.09. The summed E-state index contributed by atoms with van der Waals surface area (Å²) in [5.41, 5.74) is 2.90. The number of nitrogens with one attached hydrogen (secondary N) is 3. The van der Waals surface area contributed by atoms with Crippen molar-refractivity contribution in [2.45, 2.75) is 77.8 Å². The summed E-state index contributed by atoms with van der Waals surface area (Å²) in [7, 11) is 0. The van der Waals surface area contributed by atoms with E-state index in [0.29, 0.717) is 23.3 Å². The molecule has 2 saturated carbocycles. The number of fused-ring (bicyclic) bond motifs is 1. The molecule has 0 radical (unpaired) electrons. The molecule has 0 spiro atoms. The number of urea groups is 1. The van der Waals surface area contributed by atoms with Crippen molar-refractivity contribution >= 4 is 29.4 Å². The summed E-state index contributed by atoms with van der Waals surface area (Å²) in [6.07, 6.45) is 9.10. The Morgan fingerprint density at radius 3 is 2.61 bits per heavy atom. The predicted octanol–water partition coefficient (Wildman–Crippen LogP) is 4.88. The first-order chi connectivity index (χ1) is 14.7. The largest absolute Gasteiger partial charge is 0.322 e. The highest BCUT2D eigenvalue weighted by Gasteiger charge is 2.46. The first-order valence-electron chi connectivity index (χ1n) is 11.3. The Morgan fingerprint density at radius 2 is 1.97 bits per heavy atom. The number of carbonyl (C=O) groups excluding carboxylic acids is 2. The standard InChI is InChI=1S/C23H30ClN5O2/c1-22(2)18-15(19(28-27-18)26-20(30)23(3)10-5-11-23)12-29(22)21(31)25-17-14(13-8-9-13)6-4-7-16(17)24/h7,13H,4-6,8-12H2,1-3H3,(H,25,31)(H2,26,27,28,30). The SMILES string of the molecule is CC1(C(=O)Nc2n[nH]c3c2CN(C(=O)NC2=C(C4CC4)CCC=C2Cl)C3(C)C)CCC1. The average molecular weight is 444 g/mol. The minimum absolute atomic E-state index is 0.00659. The highest BCUT2D eigenvalue weighted by Crippen LogP contribution is 2.45. The van der Waals surface area contributed by atoms with Gasteiger partial charge < -0.3 is 15.5 Å². The number of halogens is 1. The zero-order chi connectivity index (χ0) is 22.0. The first-order valence-corrected chi connectivity index (χ1v) is 11.7. The number of hydrogen-bond donors (Lipinski definition) is 3. The van der Waals surface area contributed by atoms with Gasteiger partial charge in [-0.1, -0.05) is 31.0 Å². The number of carbonyl (C=O) groups is 2. The van der Waals surface area contributed by atoms with Crippen molar-refractivity contribution < 1.29 is 9.59 Å². The van der Waals surface area contributed by atoms with Gasteiger partial charge in [0.25, 0.3) is 0 Å². The average Bonchev–Trinajstić information content (AvgIpc) is 3.40. The van der Waals surface area contributed by atoms with Crippen molar-refractivity contribution in [3.63, 3.8) is 0 Å². The Hall–Kier alpha value is -2.28. The Bertz CT molecular complexity index is 1010. The molecule has 0 bridgehead atoms. The maximum atomic E-state index is 13.4. The predicted molar refractivity (Wildman–Crippen MR) is 119 cm³/mol. The second kappa shape index (κ2) is 7.12. The minimum Gasteiger partial charge on any atom is -0.309 e. The zero-order valence-corrected chi connectivity index (χ0v) is 19.2. The van der Waals surface area contributed by atoms with Gasteiger partial charge in [0.2, 0.25) is 5.91 Å². The van der Waals surface area contributed by atoms with Crippen LogP contribution in [0.2, 0.25) is 0 Å². The van der Waals surface area contributed by atoms with Crippen molar-refractivity contribution in [1.29, 1.82) is 0 Å². The van der Waals surface area contributed by atoms with Crippen LogP contribution in [0.15, 0.2) is 22.4 Å². The molecule has 0 atom stereocenters. The van der Waals surface area contributed by atoms with Gasteiger partial charge in [0.15, 0.2) is 5.82 Å². The van der Waals surface area contributed by atoms with Gasteiger partial charge in [0.1, 0.15) is 0 Å². The van der Waals surface area contributed by atoms with Crippen molar-refractivity contribution in [3.8, 4) is 0 Å². The van der Waals surface area contributed by atoms with Crippen LogP contribution in [0.4, 0.5) is 10.6 Å². The van der Waals surface area contributed by atoms with Gasteiger partial charge >= 0.3 is 6.03 Å². The van der Waals surface area contributed by atoms with E-state index in [-0.39, 0.29) is 17.4 Å². The van der Waals surface area contributed by atoms with Crippen molar-refractivity contribution in [2.75, 3.05) is 5.32 Å². The monoisotopic (exact) mass is 443 g/mol. The molecule has 0 saturated heterocycles. The maximum absolute atomic E-state index is 13.4. The molecule has 3 amide bonds. The molecule has 2 fully saturated rings. The molecule has 31 heavy (non-hydrogen) atoms. The topological polar surface area (TPSA) is 90.1 Å². The van der Waals surface area contributed by atoms with Crippen LogP contribution in [0.25, 0.3) is 0 Å². The van der Waals surface area contributed by atoms with Gasteiger partial charge in [-0.15, -0.1) is 0 Å². The molecule has 4 aliphatic rings. The molecule has 7 nitrogen and oxygen atoms in total. The summed E-state index contributed by atoms with van der Waals surface area (Å²) >= 11 is 6.49. The molecular formula is C23H30ClN5O2. The molecule has 0 aromatic carbocycles. The Morgan fingerprint density at radius 1 is 1.23 bits per heavy atom. The van der Waals surface area contributed by atoms with Crippen LogP contribution in [0.1, 0.15) is 77.0 Å². The molecule has 5 rings (SSSR count). The van der Waals surface area contributed by atoms with E-state index in [9.17, 15) is 9.59 Å². The number of nitrogens with zero attached hydrogens (tertiary/aromatic N) is 2. The number of amides is 3. The highest BCUT2D eigenvalue weighted by atomic mass is 35.5. The summed E-state index contributed by atoms with van der Waals surface area (Å²) in [6.45, 7) is 6.35. The number of hydrogen-bond acceptors (Lipinski definition) is 3. The summed E-state index contributed by atoms with van der Waals surface area (Å²) in [4.78, 5) is 27.8. The van der Waals surface area contributed by atoms with Crippen LogP contribution >= 0.6 is 11.6 Å². The van der Waals surface area contributed by atoms with E-state index in [1.54, 1.807) is 4.90 Å². The Kier molecular flexibility index (Phi) is 4.73. The number of aromatic amines is 1. The van der Waals surface area contributed by atoms with Crippen molar-refractivity contribution in [1.82, 2.24) is 20.4 Å². The van der Waals surface area contributed by atoms with Crippen molar-refractivity contribution in [3.05, 3.63) is 33.6 Å². The van der Waals surface area contributed by atoms with Gasteiger partial charge in [-0.3, -0.25) is 9.89 Å². The lowest BCUT2D eigenvalue weighted by molar-refractivity contribution is -0.128. The molecule has 1 aromatic rings. The molecule has 8 heteroatoms. The fourth-order valence-corrected chi connectivity index (χ4v) is 5.30. The van der Waals surface area contributed by atoms with Crippen LogP contribution in [-0.2, 0) is 16.9 Å². The van der Waals surface area contributed by atoms with Gasteiger partial charge in [0, 0.05) is 11.0 Å². The highest BCUT2D eigenvalue weighted by molar-refractivity contribution is 6.32. The second-order valence-corrected chi connectivity index (χ2v) is 10.5. The molecule has 1 aromatic heterocycles. The van der Waals surface area contributed by atoms with Crippen LogP contribution in [-0.4, -0.2) is 27.0 Å². The van der Waals surface area contributed by atoms with E-state index in [1.165, 1.54) is 18.4 Å². The lowest BCUT2D eigenvalue weighted by Crippen LogP contribution is -2.46. The molecule has 3 N–H and O–H groups in total. The van der Waals surface area contributed by atoms with E-state index in [2.05, 4.69) is 20.8 Å². The second-order valence-electron chi connectivity index (χ2n) is 10.1. The number of rotatable bonds is 4. The van der Waals surface area contributed by atoms with Crippen LogP contribution in [0.3, 0.4) is 0 Å². The molecule has 166 valence electrons. The first kappa shape index (κ1) is 20.6. The summed E-state index contributed by atoms with van der Waals surface area (Å²) in [6, 6.07) is -0.181. The fourth-order valence-electron chi connectivity index (χ4n) is 5.03. The quantitative estimate of drug-likeness (QED) is 0.619. The molecule has 0 unspecified atom stereocenters. The van der Waals surface area contributed by atoms with E-state index >= 15 is 0 Å². The van der Waals surface area contributed by atoms with Gasteiger partial charge in [0.05, 0.1) is 28.5 Å². The zero-order valence-electron chi connectivity index (χ0n) is 18.4. The van der Waals surface area contributed by atoms with Gasteiger partial charge in [-0.25, -0.2) is 4.79 Å². The van der Waals surface area contributed by atoms with Crippen LogP contribution < -0.4 is 10.6 Å². The third-order valence-electron chi connectivity index (χ3n) is 7.55. The number of anilines is 1. The van der Waals surface area contributed by atoms with E-state index in [0.717, 1.165) is 49.1 Å². The van der Waals surface area contributed by atoms with Crippen LogP contribution in [0.5, 0.6) is 0 Å². The summed E-state index contributed by atoms with van der Waals surface area (Å²) in [5, 5.41) is 14.2. The third-order valence-corrected chi connectivity index (χ3v) is 7.89. The fraction of sp³-hybridized carbons (Fsp3) is 0.609. The van der Waals surface area contributed by atoms with Crippen LogP contribution in [0, 0.1) is 11.3 Å². The van der Waals surface area contributed by atoms with Gasteiger partial charge in [-0.05, 0) is 63.9 Å². The van der Waals surface area contributed by atoms with Crippen molar-refractivity contribution in [2.24, 2.45) is 11.3 Å². The molecule has 3 aliphatic carbocycles. The van der Waals surface area contributed by atoms with Gasteiger partial charge in [-0.2, -0.15) is 5.10 Å². The van der Waals surface area contributed by atoms with E-state index < -0.39 is 5.54 Å². The Labute approximate surface area is 187 Å². The number of aromatic nitrogens is 2. The third kappa shape index (κ3) is 3.37. The molecular weight excluding hydrogens is 414 g/mol. The van der Waals surface area contributed by atoms with E-state index in [4.69, 9.17) is 11.6 Å². The molecule has 1 aliphatic heterocycles. The smallest absolute Gasteiger partial charge is 0.309 e. The van der Waals surface area contributed by atoms with E-state index in [1.807, 2.05) is 26.8 Å². The summed E-state index contributed by atoms with van der Waals surface area (Å²) < 4.78 is 0. The minimum atomic E-state index is -0.582. The lowest BCUT2D eigenvalue weighted by Gasteiger charge is -2.36. The maximum Gasteiger partial charge on any atom is 0.322 e. The normalized spacial score (nSPS) is 23.7. The number of H-pyrrole nitrogens is 1.